The van der Waals surface area contributed by atoms with Crippen molar-refractivity contribution in [2.24, 2.45) is 5.73 Å². The summed E-state index contributed by atoms with van der Waals surface area (Å²) < 4.78 is 41.7. The maximum atomic E-state index is 11.2. The van der Waals surface area contributed by atoms with Gasteiger partial charge in [0.2, 0.25) is 0 Å². The monoisotopic (exact) mass is 170 g/mol. The lowest BCUT2D eigenvalue weighted by molar-refractivity contribution is -0.135. The highest BCUT2D eigenvalue weighted by Gasteiger charge is 2.08. The molecular weight excluding hydrogens is 154 g/mol. The van der Waals surface area contributed by atoms with Crippen LogP contribution in [0.1, 0.15) is 13.8 Å². The predicted molar refractivity (Wildman–Crippen MR) is 45.7 cm³/mol. The fraction of sp³-hybridized carbons (Fsp3) is 0.222. The highest BCUT2D eigenvalue weighted by Crippen LogP contribution is 2.08. The van der Waals surface area contributed by atoms with Crippen molar-refractivity contribution in [1.82, 2.24) is 0 Å². The maximum Gasteiger partial charge on any atom is 0.328 e. The summed E-state index contributed by atoms with van der Waals surface area (Å²) in [6.45, 7) is 1.37. The number of esters is 1. The molecule has 0 saturated heterocycles. The molecule has 0 spiro atoms. The van der Waals surface area contributed by atoms with Gasteiger partial charge < -0.3 is 10.5 Å². The van der Waals surface area contributed by atoms with Crippen LogP contribution in [0.4, 0.5) is 0 Å². The van der Waals surface area contributed by atoms with E-state index >= 15 is 0 Å². The molecule has 0 unspecified atom stereocenters. The standard InChI is InChI=1S/C9H11NO2/c1-7(10)9(11)12-8-5-3-2-4-6-8/h2-7H,10H2,1H3/t7-/m0/s1/i2D,3D,4D,5D,6D. The molecule has 0 aliphatic heterocycles. The molecular formula is C9H11NO2. The molecule has 1 aromatic carbocycles. The normalized spacial score (nSPS) is 18.0. The summed E-state index contributed by atoms with van der Waals surface area (Å²) in [6.07, 6.45) is 0. The molecule has 3 nitrogen and oxygen atoms in total. The van der Waals surface area contributed by atoms with Crippen LogP contribution in [0.3, 0.4) is 0 Å². The fourth-order valence-corrected chi connectivity index (χ4v) is 0.483. The first kappa shape index (κ1) is 4.05. The van der Waals surface area contributed by atoms with E-state index in [0.717, 1.165) is 0 Å². The van der Waals surface area contributed by atoms with Gasteiger partial charge in [0, 0.05) is 0 Å². The molecule has 0 aliphatic rings. The van der Waals surface area contributed by atoms with Gasteiger partial charge in [0.1, 0.15) is 11.8 Å². The molecule has 3 heteroatoms. The van der Waals surface area contributed by atoms with Crippen molar-refractivity contribution in [3.05, 3.63) is 30.2 Å². The molecule has 0 bridgehead atoms. The van der Waals surface area contributed by atoms with Gasteiger partial charge in [-0.25, -0.2) is 4.79 Å². The number of nitrogens with two attached hydrogens (primary N) is 1. The lowest BCUT2D eigenvalue weighted by Gasteiger charge is -2.05. The zero-order valence-electron chi connectivity index (χ0n) is 11.5. The van der Waals surface area contributed by atoms with Crippen molar-refractivity contribution in [3.8, 4) is 5.75 Å². The Morgan fingerprint density at radius 2 is 2.17 bits per heavy atom. The van der Waals surface area contributed by atoms with E-state index in [-0.39, 0.29) is 0 Å². The third kappa shape index (κ3) is 2.36. The van der Waals surface area contributed by atoms with Gasteiger partial charge in [-0.05, 0) is 19.0 Å². The average molecular weight is 170 g/mol. The van der Waals surface area contributed by atoms with Crippen LogP contribution in [0.25, 0.3) is 0 Å². The first-order valence-corrected chi connectivity index (χ1v) is 3.31. The quantitative estimate of drug-likeness (QED) is 0.531. The van der Waals surface area contributed by atoms with Gasteiger partial charge in [-0.2, -0.15) is 0 Å². The SMILES string of the molecule is [2H]c1c([2H])c([2H])c(OC(=O)[C@H](C)N)c([2H])c1[2H]. The second-order valence-electron chi connectivity index (χ2n) is 2.16. The first-order chi connectivity index (χ1) is 7.77. The Bertz CT molecular complexity index is 446. The highest BCUT2D eigenvalue weighted by atomic mass is 16.5. The lowest BCUT2D eigenvalue weighted by atomic mass is 10.3. The van der Waals surface area contributed by atoms with Crippen LogP contribution >= 0.6 is 0 Å². The first-order valence-electron chi connectivity index (χ1n) is 5.81. The molecule has 0 fully saturated rings. The fourth-order valence-electron chi connectivity index (χ4n) is 0.483. The molecule has 1 atom stereocenters. The van der Waals surface area contributed by atoms with E-state index in [0.29, 0.717) is 0 Å². The minimum Gasteiger partial charge on any atom is -0.425 e. The van der Waals surface area contributed by atoms with Gasteiger partial charge in [0.15, 0.2) is 0 Å². The molecule has 1 aromatic rings. The molecule has 64 valence electrons. The molecule has 1 rings (SSSR count). The van der Waals surface area contributed by atoms with Crippen molar-refractivity contribution >= 4 is 5.97 Å². The summed E-state index contributed by atoms with van der Waals surface area (Å²) in [6, 6.07) is -3.72. The minimum absolute atomic E-state index is 0.502. The van der Waals surface area contributed by atoms with E-state index in [4.69, 9.17) is 17.3 Å². The molecule has 0 amide bonds. The molecule has 0 radical (unpaired) electrons. The number of hydrogen-bond donors (Lipinski definition) is 1. The van der Waals surface area contributed by atoms with Crippen LogP contribution in [0.15, 0.2) is 30.2 Å². The van der Waals surface area contributed by atoms with E-state index in [2.05, 4.69) is 0 Å². The summed E-state index contributed by atoms with van der Waals surface area (Å²) in [4.78, 5) is 11.2. The van der Waals surface area contributed by atoms with Gasteiger partial charge in [-0.15, -0.1) is 0 Å². The second kappa shape index (κ2) is 3.88. The van der Waals surface area contributed by atoms with Crippen LogP contribution in [-0.2, 0) is 4.79 Å². The number of hydrogen-bond acceptors (Lipinski definition) is 3. The van der Waals surface area contributed by atoms with Crippen molar-refractivity contribution in [1.29, 1.82) is 0 Å². The Labute approximate surface area is 78.2 Å². The molecule has 0 aromatic heterocycles. The van der Waals surface area contributed by atoms with Crippen molar-refractivity contribution < 1.29 is 16.4 Å². The van der Waals surface area contributed by atoms with Gasteiger partial charge in [-0.1, -0.05) is 18.1 Å². The number of carbonyl (C=O) groups is 1. The van der Waals surface area contributed by atoms with Crippen LogP contribution in [-0.4, -0.2) is 12.0 Å². The number of carbonyl (C=O) groups excluding carboxylic acids is 1. The summed E-state index contributed by atoms with van der Waals surface area (Å²) in [5.41, 5.74) is 5.26. The zero-order chi connectivity index (χ0) is 13.3. The summed E-state index contributed by atoms with van der Waals surface area (Å²) in [7, 11) is 0. The topological polar surface area (TPSA) is 52.3 Å². The summed E-state index contributed by atoms with van der Waals surface area (Å²) in [5.74, 6) is -1.36. The van der Waals surface area contributed by atoms with Gasteiger partial charge >= 0.3 is 5.97 Å². The van der Waals surface area contributed by atoms with Crippen LogP contribution in [0.5, 0.6) is 5.75 Å². The van der Waals surface area contributed by atoms with Crippen molar-refractivity contribution in [2.75, 3.05) is 0 Å². The van der Waals surface area contributed by atoms with E-state index in [1.807, 2.05) is 0 Å². The Morgan fingerprint density at radius 3 is 2.67 bits per heavy atom. The highest BCUT2D eigenvalue weighted by molar-refractivity contribution is 5.77. The minimum atomic E-state index is -0.937. The van der Waals surface area contributed by atoms with E-state index in [1.165, 1.54) is 6.92 Å². The molecule has 12 heavy (non-hydrogen) atoms. The Balaban J connectivity index is 3.30. The van der Waals surface area contributed by atoms with E-state index < -0.39 is 48.0 Å². The third-order valence-corrected chi connectivity index (χ3v) is 1.05. The second-order valence-corrected chi connectivity index (χ2v) is 2.16. The van der Waals surface area contributed by atoms with Gasteiger partial charge in [-0.3, -0.25) is 0 Å². The predicted octanol–water partition coefficient (Wildman–Crippen LogP) is 0.939. The molecule has 0 heterocycles. The number of benzene rings is 1. The Kier molecular flexibility index (Phi) is 1.31. The lowest BCUT2D eigenvalue weighted by Crippen LogP contribution is -2.30. The zero-order valence-corrected chi connectivity index (χ0v) is 6.47. The maximum absolute atomic E-state index is 11.2. The van der Waals surface area contributed by atoms with E-state index in [1.54, 1.807) is 0 Å². The van der Waals surface area contributed by atoms with Crippen LogP contribution < -0.4 is 10.5 Å². The Hall–Kier alpha value is -1.35. The van der Waals surface area contributed by atoms with Gasteiger partial charge in [0.25, 0.3) is 0 Å². The van der Waals surface area contributed by atoms with Crippen LogP contribution in [0.2, 0.25) is 0 Å². The molecule has 0 aliphatic carbocycles. The third-order valence-electron chi connectivity index (χ3n) is 1.05. The number of rotatable bonds is 2. The van der Waals surface area contributed by atoms with E-state index in [9.17, 15) is 4.79 Å². The number of ether oxygens (including phenoxy) is 1. The van der Waals surface area contributed by atoms with Crippen molar-refractivity contribution in [2.45, 2.75) is 13.0 Å². The molecule has 0 saturated carbocycles. The van der Waals surface area contributed by atoms with Crippen LogP contribution in [0, 0.1) is 0 Å². The van der Waals surface area contributed by atoms with Gasteiger partial charge in [0.05, 0.1) is 6.85 Å². The van der Waals surface area contributed by atoms with Crippen molar-refractivity contribution in [3.63, 3.8) is 0 Å². The Morgan fingerprint density at radius 1 is 1.58 bits per heavy atom. The smallest absolute Gasteiger partial charge is 0.328 e. The summed E-state index contributed by atoms with van der Waals surface area (Å²) >= 11 is 0. The molecule has 2 N–H and O–H groups in total. The average Bonchev–Trinajstić information content (AvgIpc) is 2.29. The summed E-state index contributed by atoms with van der Waals surface area (Å²) in [5, 5.41) is 0. The largest absolute Gasteiger partial charge is 0.425 e. The number of para-hydroxylation sites is 1.